The second kappa shape index (κ2) is 8.67. The summed E-state index contributed by atoms with van der Waals surface area (Å²) in [4.78, 5) is 24.7. The predicted octanol–water partition coefficient (Wildman–Crippen LogP) is 4.59. The van der Waals surface area contributed by atoms with E-state index >= 15 is 0 Å². The summed E-state index contributed by atoms with van der Waals surface area (Å²) >= 11 is 0. The quantitative estimate of drug-likeness (QED) is 0.241. The van der Waals surface area contributed by atoms with Gasteiger partial charge in [-0.25, -0.2) is 4.79 Å². The van der Waals surface area contributed by atoms with Crippen molar-refractivity contribution < 1.29 is 14.5 Å². The highest BCUT2D eigenvalue weighted by Crippen LogP contribution is 2.27. The Morgan fingerprint density at radius 1 is 1.03 bits per heavy atom. The van der Waals surface area contributed by atoms with Crippen molar-refractivity contribution in [3.63, 3.8) is 0 Å². The minimum absolute atomic E-state index is 0.0484. The Morgan fingerprint density at radius 2 is 1.67 bits per heavy atom. The molecule has 0 aliphatic heterocycles. The van der Waals surface area contributed by atoms with Gasteiger partial charge >= 0.3 is 5.97 Å². The van der Waals surface area contributed by atoms with Crippen molar-refractivity contribution in [2.45, 2.75) is 19.1 Å². The van der Waals surface area contributed by atoms with Gasteiger partial charge in [-0.1, -0.05) is 43.4 Å². The Morgan fingerprint density at radius 3 is 2.27 bits per heavy atom. The van der Waals surface area contributed by atoms with Crippen molar-refractivity contribution in [3.05, 3.63) is 76.3 Å². The Hall–Kier alpha value is -3.19. The van der Waals surface area contributed by atoms with Crippen LogP contribution in [-0.2, 0) is 4.74 Å². The zero-order valence-corrected chi connectivity index (χ0v) is 18.7. The van der Waals surface area contributed by atoms with Crippen LogP contribution >= 0.6 is 0 Å². The van der Waals surface area contributed by atoms with Crippen LogP contribution in [-0.4, -0.2) is 39.7 Å². The highest BCUT2D eigenvalue weighted by atomic mass is 28.3. The normalized spacial score (nSPS) is 11.3. The Balaban J connectivity index is 1.76. The number of hydrogen-bond donors (Lipinski definition) is 0. The minimum Gasteiger partial charge on any atom is -0.462 e. The lowest BCUT2D eigenvalue weighted by atomic mass is 10.1. The Bertz CT molecular complexity index is 1070. The van der Waals surface area contributed by atoms with Crippen LogP contribution in [0.5, 0.6) is 0 Å². The Kier molecular flexibility index (Phi) is 6.22. The minimum atomic E-state index is -1.91. The van der Waals surface area contributed by atoms with E-state index in [1.807, 2.05) is 14.1 Å². The van der Waals surface area contributed by atoms with E-state index in [0.29, 0.717) is 12.2 Å². The van der Waals surface area contributed by atoms with Gasteiger partial charge in [-0.2, -0.15) is 0 Å². The smallest absolute Gasteiger partial charge is 0.338 e. The zero-order valence-electron chi connectivity index (χ0n) is 17.7. The molecule has 0 atom stereocenters. The summed E-state index contributed by atoms with van der Waals surface area (Å²) in [6.45, 7) is 4.89. The van der Waals surface area contributed by atoms with E-state index in [-0.39, 0.29) is 5.69 Å². The lowest BCUT2D eigenvalue weighted by molar-refractivity contribution is -0.384. The summed E-state index contributed by atoms with van der Waals surface area (Å²) in [6.07, 6.45) is 0. The third-order valence-electron chi connectivity index (χ3n) is 5.37. The largest absolute Gasteiger partial charge is 0.462 e. The van der Waals surface area contributed by atoms with E-state index in [0.717, 1.165) is 6.04 Å². The van der Waals surface area contributed by atoms with E-state index in [2.05, 4.69) is 54.4 Å². The predicted molar refractivity (Wildman–Crippen MR) is 124 cm³/mol. The summed E-state index contributed by atoms with van der Waals surface area (Å²) in [6, 6.07) is 19.0. The van der Waals surface area contributed by atoms with Crippen LogP contribution in [0, 0.1) is 10.1 Å². The van der Waals surface area contributed by atoms with Gasteiger partial charge in [0.2, 0.25) is 0 Å². The van der Waals surface area contributed by atoms with E-state index in [1.165, 1.54) is 45.9 Å². The maximum absolute atomic E-state index is 12.3. The number of carbonyl (C=O) groups excluding carboxylic acids is 1. The van der Waals surface area contributed by atoms with Crippen LogP contribution < -0.4 is 10.1 Å². The molecule has 0 aliphatic rings. The molecule has 6 nitrogen and oxygen atoms in total. The molecule has 0 amide bonds. The van der Waals surface area contributed by atoms with Gasteiger partial charge in [0, 0.05) is 37.3 Å². The summed E-state index contributed by atoms with van der Waals surface area (Å²) in [7, 11) is 2.19. The van der Waals surface area contributed by atoms with Crippen LogP contribution in [0.15, 0.2) is 60.7 Å². The van der Waals surface area contributed by atoms with Crippen molar-refractivity contribution in [3.8, 4) is 0 Å². The molecule has 0 N–H and O–H groups in total. The van der Waals surface area contributed by atoms with E-state index in [1.54, 1.807) is 0 Å². The van der Waals surface area contributed by atoms with Gasteiger partial charge < -0.3 is 9.64 Å². The molecule has 0 bridgehead atoms. The van der Waals surface area contributed by atoms with Gasteiger partial charge in [-0.15, -0.1) is 0 Å². The molecule has 3 aromatic carbocycles. The lowest BCUT2D eigenvalue weighted by Gasteiger charge is -2.27. The first-order valence-electron chi connectivity index (χ1n) is 9.82. The number of nitro benzene ring substituents is 1. The Labute approximate surface area is 177 Å². The summed E-state index contributed by atoms with van der Waals surface area (Å²) in [5.41, 5.74) is 1.46. The molecule has 156 valence electrons. The standard InChI is InChI=1S/C23H26N2O4Si/c1-24(2)20-9-5-7-17-8-6-10-21(22(17)20)30(3,4)16-15-29-23(26)18-11-13-19(14-12-18)25(27)28/h5-14H,15-16H2,1-4H3. The molecule has 3 rings (SSSR count). The fourth-order valence-corrected chi connectivity index (χ4v) is 5.97. The zero-order chi connectivity index (χ0) is 21.9. The van der Waals surface area contributed by atoms with Crippen molar-refractivity contribution in [2.75, 3.05) is 25.6 Å². The first kappa shape index (κ1) is 21.5. The molecular formula is C23H26N2O4Si. The van der Waals surface area contributed by atoms with Crippen LogP contribution in [0.2, 0.25) is 19.1 Å². The van der Waals surface area contributed by atoms with Gasteiger partial charge in [0.25, 0.3) is 5.69 Å². The van der Waals surface area contributed by atoms with E-state index in [4.69, 9.17) is 4.74 Å². The summed E-state index contributed by atoms with van der Waals surface area (Å²) in [5.74, 6) is -0.457. The second-order valence-corrected chi connectivity index (χ2v) is 13.0. The lowest BCUT2D eigenvalue weighted by Crippen LogP contribution is -2.43. The van der Waals surface area contributed by atoms with Gasteiger partial charge in [0.1, 0.15) is 0 Å². The molecule has 0 saturated heterocycles. The number of fused-ring (bicyclic) bond motifs is 1. The monoisotopic (exact) mass is 422 g/mol. The average Bonchev–Trinajstić information content (AvgIpc) is 2.72. The number of ether oxygens (including phenoxy) is 1. The van der Waals surface area contributed by atoms with E-state index < -0.39 is 19.0 Å². The van der Waals surface area contributed by atoms with Crippen LogP contribution in [0.4, 0.5) is 11.4 Å². The molecule has 3 aromatic rings. The topological polar surface area (TPSA) is 72.7 Å². The highest BCUT2D eigenvalue weighted by molar-refractivity contribution is 6.91. The second-order valence-electron chi connectivity index (χ2n) is 8.15. The number of nitrogens with zero attached hydrogens (tertiary/aromatic N) is 2. The molecule has 0 aromatic heterocycles. The maximum Gasteiger partial charge on any atom is 0.338 e. The maximum atomic E-state index is 12.3. The number of carbonyl (C=O) groups is 1. The van der Waals surface area contributed by atoms with Gasteiger partial charge in [0.15, 0.2) is 0 Å². The van der Waals surface area contributed by atoms with Crippen LogP contribution in [0.25, 0.3) is 10.8 Å². The highest BCUT2D eigenvalue weighted by Gasteiger charge is 2.27. The van der Waals surface area contributed by atoms with E-state index in [9.17, 15) is 14.9 Å². The number of esters is 1. The molecule has 0 unspecified atom stereocenters. The summed E-state index contributed by atoms with van der Waals surface area (Å²) < 4.78 is 5.49. The molecule has 0 heterocycles. The fourth-order valence-electron chi connectivity index (χ4n) is 3.59. The molecule has 0 spiro atoms. The van der Waals surface area contributed by atoms with Gasteiger partial charge in [0.05, 0.1) is 25.2 Å². The van der Waals surface area contributed by atoms with Crippen molar-refractivity contribution >= 4 is 41.4 Å². The average molecular weight is 423 g/mol. The van der Waals surface area contributed by atoms with Gasteiger partial charge in [-0.05, 0) is 34.8 Å². The molecule has 0 fully saturated rings. The summed E-state index contributed by atoms with van der Waals surface area (Å²) in [5, 5.41) is 14.6. The number of benzene rings is 3. The third kappa shape index (κ3) is 4.51. The number of anilines is 1. The third-order valence-corrected chi connectivity index (χ3v) is 8.70. The van der Waals surface area contributed by atoms with Crippen molar-refractivity contribution in [2.24, 2.45) is 0 Å². The number of rotatable bonds is 7. The first-order chi connectivity index (χ1) is 14.2. The van der Waals surface area contributed by atoms with Crippen molar-refractivity contribution in [1.29, 1.82) is 0 Å². The number of non-ortho nitro benzene ring substituents is 1. The van der Waals surface area contributed by atoms with Crippen LogP contribution in [0.3, 0.4) is 0 Å². The molecule has 7 heteroatoms. The molecule has 0 aliphatic carbocycles. The SMILES string of the molecule is CN(C)c1cccc2cccc([Si](C)(C)CCOC(=O)c3ccc([N+](=O)[O-])cc3)c12. The number of nitro groups is 1. The van der Waals surface area contributed by atoms with Crippen LogP contribution in [0.1, 0.15) is 10.4 Å². The molecule has 0 radical (unpaired) electrons. The molecule has 0 saturated carbocycles. The van der Waals surface area contributed by atoms with Crippen molar-refractivity contribution in [1.82, 2.24) is 0 Å². The molecular weight excluding hydrogens is 396 g/mol. The van der Waals surface area contributed by atoms with Gasteiger partial charge in [-0.3, -0.25) is 10.1 Å². The molecule has 30 heavy (non-hydrogen) atoms. The first-order valence-corrected chi connectivity index (χ1v) is 13.0. The fraction of sp³-hybridized carbons (Fsp3) is 0.261. The number of hydrogen-bond acceptors (Lipinski definition) is 5.